The largest absolute Gasteiger partial charge is 0.393 e. The predicted molar refractivity (Wildman–Crippen MR) is 76.6 cm³/mol. The molecule has 1 amide bonds. The lowest BCUT2D eigenvalue weighted by molar-refractivity contribution is -0.383. The number of amides is 1. The van der Waals surface area contributed by atoms with E-state index in [1.807, 2.05) is 19.1 Å². The van der Waals surface area contributed by atoms with E-state index >= 15 is 0 Å². The number of nitrogen functional groups attached to an aromatic ring is 1. The fourth-order valence-electron chi connectivity index (χ4n) is 1.70. The molecule has 0 bridgehead atoms. The van der Waals surface area contributed by atoms with E-state index in [2.05, 4.69) is 5.32 Å². The summed E-state index contributed by atoms with van der Waals surface area (Å²) in [5.74, 6) is -0.365. The van der Waals surface area contributed by atoms with Crippen molar-refractivity contribution in [1.29, 1.82) is 0 Å². The van der Waals surface area contributed by atoms with Gasteiger partial charge in [-0.25, -0.2) is 0 Å². The monoisotopic (exact) mass is 271 g/mol. The Hall–Kier alpha value is -2.89. The molecular formula is C14H13N3O3. The summed E-state index contributed by atoms with van der Waals surface area (Å²) in [7, 11) is 0. The average Bonchev–Trinajstić information content (AvgIpc) is 2.40. The van der Waals surface area contributed by atoms with E-state index in [1.54, 1.807) is 12.1 Å². The summed E-state index contributed by atoms with van der Waals surface area (Å²) in [6.45, 7) is 1.95. The van der Waals surface area contributed by atoms with E-state index in [0.717, 1.165) is 5.56 Å². The molecule has 0 spiro atoms. The second-order valence-corrected chi connectivity index (χ2v) is 4.35. The van der Waals surface area contributed by atoms with Gasteiger partial charge in [-0.2, -0.15) is 0 Å². The van der Waals surface area contributed by atoms with Gasteiger partial charge in [-0.3, -0.25) is 14.9 Å². The van der Waals surface area contributed by atoms with Crippen molar-refractivity contribution in [2.75, 3.05) is 11.1 Å². The van der Waals surface area contributed by atoms with Gasteiger partial charge in [0.15, 0.2) is 0 Å². The predicted octanol–water partition coefficient (Wildman–Crippen LogP) is 2.74. The van der Waals surface area contributed by atoms with Crippen molar-refractivity contribution in [3.8, 4) is 0 Å². The average molecular weight is 271 g/mol. The van der Waals surface area contributed by atoms with Gasteiger partial charge >= 0.3 is 0 Å². The Morgan fingerprint density at radius 3 is 2.40 bits per heavy atom. The molecule has 0 fully saturated rings. The molecule has 0 saturated heterocycles. The van der Waals surface area contributed by atoms with Crippen LogP contribution in [0.4, 0.5) is 17.1 Å². The first-order valence-corrected chi connectivity index (χ1v) is 5.89. The van der Waals surface area contributed by atoms with Gasteiger partial charge in [0.1, 0.15) is 5.69 Å². The Kier molecular flexibility index (Phi) is 3.65. The van der Waals surface area contributed by atoms with Crippen LogP contribution in [0.15, 0.2) is 42.5 Å². The molecule has 6 heteroatoms. The Bertz CT molecular complexity index is 666. The lowest BCUT2D eigenvalue weighted by atomic mass is 10.1. The first-order chi connectivity index (χ1) is 9.47. The van der Waals surface area contributed by atoms with E-state index in [1.165, 1.54) is 18.2 Å². The van der Waals surface area contributed by atoms with Crippen molar-refractivity contribution >= 4 is 23.0 Å². The third-order valence-electron chi connectivity index (χ3n) is 2.80. The highest BCUT2D eigenvalue weighted by Crippen LogP contribution is 2.22. The van der Waals surface area contributed by atoms with Gasteiger partial charge in [0.05, 0.1) is 4.92 Å². The fraction of sp³-hybridized carbons (Fsp3) is 0.0714. The van der Waals surface area contributed by atoms with Crippen LogP contribution < -0.4 is 11.1 Å². The summed E-state index contributed by atoms with van der Waals surface area (Å²) in [6.07, 6.45) is 0. The highest BCUT2D eigenvalue weighted by atomic mass is 16.6. The maximum absolute atomic E-state index is 12.0. The zero-order valence-electron chi connectivity index (χ0n) is 10.8. The number of nitrogens with two attached hydrogens (primary N) is 1. The highest BCUT2D eigenvalue weighted by molar-refractivity contribution is 6.05. The lowest BCUT2D eigenvalue weighted by Crippen LogP contribution is -2.12. The molecule has 2 aromatic carbocycles. The summed E-state index contributed by atoms with van der Waals surface area (Å²) < 4.78 is 0. The van der Waals surface area contributed by atoms with Crippen molar-refractivity contribution in [2.45, 2.75) is 6.92 Å². The van der Waals surface area contributed by atoms with Gasteiger partial charge in [-0.05, 0) is 31.2 Å². The van der Waals surface area contributed by atoms with E-state index in [0.29, 0.717) is 5.69 Å². The zero-order valence-corrected chi connectivity index (χ0v) is 10.8. The lowest BCUT2D eigenvalue weighted by Gasteiger charge is -2.06. The van der Waals surface area contributed by atoms with Gasteiger partial charge in [0, 0.05) is 17.3 Å². The second kappa shape index (κ2) is 5.40. The number of hydrogen-bond donors (Lipinski definition) is 2. The van der Waals surface area contributed by atoms with Crippen molar-refractivity contribution in [2.24, 2.45) is 0 Å². The van der Waals surface area contributed by atoms with Crippen molar-refractivity contribution < 1.29 is 9.72 Å². The number of rotatable bonds is 3. The Morgan fingerprint density at radius 2 is 1.85 bits per heavy atom. The minimum Gasteiger partial charge on any atom is -0.393 e. The van der Waals surface area contributed by atoms with Crippen molar-refractivity contribution in [3.63, 3.8) is 0 Å². The van der Waals surface area contributed by atoms with Crippen LogP contribution in [0.3, 0.4) is 0 Å². The number of nitrogens with one attached hydrogen (secondary N) is 1. The number of carbonyl (C=O) groups is 1. The molecule has 102 valence electrons. The standard InChI is InChI=1S/C14H13N3O3/c1-9-2-5-11(6-3-9)16-14(18)10-4-7-13(17(19)20)12(15)8-10/h2-8H,15H2,1H3,(H,16,18). The van der Waals surface area contributed by atoms with Gasteiger partial charge in [-0.15, -0.1) is 0 Å². The summed E-state index contributed by atoms with van der Waals surface area (Å²) in [6, 6.07) is 11.2. The number of benzene rings is 2. The molecule has 6 nitrogen and oxygen atoms in total. The quantitative estimate of drug-likeness (QED) is 0.509. The van der Waals surface area contributed by atoms with Gasteiger partial charge in [-0.1, -0.05) is 17.7 Å². The summed E-state index contributed by atoms with van der Waals surface area (Å²) in [5.41, 5.74) is 7.31. The Morgan fingerprint density at radius 1 is 1.20 bits per heavy atom. The molecular weight excluding hydrogens is 258 g/mol. The number of aryl methyl sites for hydroxylation is 1. The van der Waals surface area contributed by atoms with Crippen LogP contribution in [0.5, 0.6) is 0 Å². The Labute approximate surface area is 115 Å². The molecule has 0 atom stereocenters. The number of nitrogens with zero attached hydrogens (tertiary/aromatic N) is 1. The number of nitro groups is 1. The molecule has 3 N–H and O–H groups in total. The number of anilines is 2. The van der Waals surface area contributed by atoms with Crippen LogP contribution in [0.25, 0.3) is 0 Å². The maximum atomic E-state index is 12.0. The topological polar surface area (TPSA) is 98.3 Å². The third kappa shape index (κ3) is 2.92. The molecule has 0 unspecified atom stereocenters. The van der Waals surface area contributed by atoms with Crippen LogP contribution in [0.2, 0.25) is 0 Å². The van der Waals surface area contributed by atoms with Gasteiger partial charge in [0.2, 0.25) is 0 Å². The van der Waals surface area contributed by atoms with E-state index in [-0.39, 0.29) is 22.8 Å². The minimum atomic E-state index is -0.586. The molecule has 0 heterocycles. The van der Waals surface area contributed by atoms with E-state index in [4.69, 9.17) is 5.73 Å². The van der Waals surface area contributed by atoms with Crippen LogP contribution in [-0.4, -0.2) is 10.8 Å². The minimum absolute atomic E-state index is 0.0356. The fourth-order valence-corrected chi connectivity index (χ4v) is 1.70. The highest BCUT2D eigenvalue weighted by Gasteiger charge is 2.14. The van der Waals surface area contributed by atoms with Gasteiger partial charge in [0.25, 0.3) is 11.6 Å². The first-order valence-electron chi connectivity index (χ1n) is 5.89. The summed E-state index contributed by atoms with van der Waals surface area (Å²) in [4.78, 5) is 22.1. The van der Waals surface area contributed by atoms with Crippen LogP contribution in [-0.2, 0) is 0 Å². The first kappa shape index (κ1) is 13.5. The van der Waals surface area contributed by atoms with E-state index in [9.17, 15) is 14.9 Å². The molecule has 0 aliphatic rings. The number of hydrogen-bond acceptors (Lipinski definition) is 4. The molecule has 0 radical (unpaired) electrons. The van der Waals surface area contributed by atoms with Gasteiger partial charge < -0.3 is 11.1 Å². The maximum Gasteiger partial charge on any atom is 0.292 e. The molecule has 0 saturated carbocycles. The third-order valence-corrected chi connectivity index (χ3v) is 2.80. The van der Waals surface area contributed by atoms with E-state index < -0.39 is 4.92 Å². The van der Waals surface area contributed by atoms with Crippen LogP contribution >= 0.6 is 0 Å². The molecule has 0 aliphatic heterocycles. The smallest absolute Gasteiger partial charge is 0.292 e. The second-order valence-electron chi connectivity index (χ2n) is 4.35. The van der Waals surface area contributed by atoms with Crippen molar-refractivity contribution in [1.82, 2.24) is 0 Å². The summed E-state index contributed by atoms with van der Waals surface area (Å²) >= 11 is 0. The molecule has 20 heavy (non-hydrogen) atoms. The molecule has 2 rings (SSSR count). The number of nitro benzene ring substituents is 1. The Balaban J connectivity index is 2.19. The molecule has 0 aromatic heterocycles. The van der Waals surface area contributed by atoms with Crippen molar-refractivity contribution in [3.05, 3.63) is 63.7 Å². The molecule has 0 aliphatic carbocycles. The normalized spacial score (nSPS) is 10.1. The van der Waals surface area contributed by atoms with Crippen LogP contribution in [0.1, 0.15) is 15.9 Å². The summed E-state index contributed by atoms with van der Waals surface area (Å²) in [5, 5.41) is 13.3. The van der Waals surface area contributed by atoms with Crippen LogP contribution in [0, 0.1) is 17.0 Å². The SMILES string of the molecule is Cc1ccc(NC(=O)c2ccc([N+](=O)[O-])c(N)c2)cc1. The zero-order chi connectivity index (χ0) is 14.7. The number of carbonyl (C=O) groups excluding carboxylic acids is 1. The molecule has 2 aromatic rings.